The molecule has 1 saturated carbocycles. The molecule has 4 aromatic heterocycles. The highest BCUT2D eigenvalue weighted by Crippen LogP contribution is 2.26. The number of aryl methyl sites for hydroxylation is 1. The van der Waals surface area contributed by atoms with Gasteiger partial charge in [0.15, 0.2) is 0 Å². The number of nitrogens with zero attached hydrogens (tertiary/aromatic N) is 5. The molecular formula is C23H26N8. The molecule has 158 valence electrons. The van der Waals surface area contributed by atoms with Crippen LogP contribution in [-0.4, -0.2) is 36.4 Å². The van der Waals surface area contributed by atoms with Crippen LogP contribution < -0.4 is 16.4 Å². The molecule has 1 aliphatic carbocycles. The maximum atomic E-state index is 6.03. The molecular weight excluding hydrogens is 388 g/mol. The van der Waals surface area contributed by atoms with Crippen molar-refractivity contribution in [3.05, 3.63) is 60.7 Å². The van der Waals surface area contributed by atoms with Gasteiger partial charge in [-0.15, -0.1) is 0 Å². The van der Waals surface area contributed by atoms with Crippen molar-refractivity contribution in [2.45, 2.75) is 44.7 Å². The Hall–Kier alpha value is -3.52. The third kappa shape index (κ3) is 4.20. The van der Waals surface area contributed by atoms with Gasteiger partial charge in [-0.2, -0.15) is 0 Å². The number of hydrogen-bond acceptors (Lipinski definition) is 7. The van der Waals surface area contributed by atoms with Crippen LogP contribution in [0.25, 0.3) is 17.0 Å². The first-order valence-corrected chi connectivity index (χ1v) is 10.7. The predicted molar refractivity (Wildman–Crippen MR) is 122 cm³/mol. The third-order valence-corrected chi connectivity index (χ3v) is 5.76. The number of aromatic nitrogens is 5. The molecule has 5 rings (SSSR count). The summed E-state index contributed by atoms with van der Waals surface area (Å²) in [6, 6.07) is 10.4. The Morgan fingerprint density at radius 1 is 1.00 bits per heavy atom. The normalized spacial score (nSPS) is 18.8. The van der Waals surface area contributed by atoms with Gasteiger partial charge in [0, 0.05) is 30.7 Å². The van der Waals surface area contributed by atoms with E-state index in [2.05, 4.69) is 25.6 Å². The van der Waals surface area contributed by atoms with Gasteiger partial charge in [-0.3, -0.25) is 4.40 Å². The molecule has 31 heavy (non-hydrogen) atoms. The second-order valence-corrected chi connectivity index (χ2v) is 8.11. The lowest BCUT2D eigenvalue weighted by atomic mass is 9.92. The SMILES string of the molecule is Cc1cnc(N[C@H]2CC[C@H](N)CC2)nc1-c1cnc2ccc(Nc3ccccn3)cn12. The van der Waals surface area contributed by atoms with Crippen LogP contribution in [0.4, 0.5) is 17.5 Å². The maximum absolute atomic E-state index is 6.03. The molecule has 0 aromatic carbocycles. The summed E-state index contributed by atoms with van der Waals surface area (Å²) in [7, 11) is 0. The van der Waals surface area contributed by atoms with Gasteiger partial charge in [0.2, 0.25) is 5.95 Å². The zero-order valence-corrected chi connectivity index (χ0v) is 17.5. The summed E-state index contributed by atoms with van der Waals surface area (Å²) in [6.45, 7) is 2.02. The minimum Gasteiger partial charge on any atom is -0.351 e. The van der Waals surface area contributed by atoms with Crippen molar-refractivity contribution in [1.82, 2.24) is 24.3 Å². The van der Waals surface area contributed by atoms with E-state index in [-0.39, 0.29) is 0 Å². The van der Waals surface area contributed by atoms with E-state index in [0.29, 0.717) is 18.0 Å². The molecule has 0 spiro atoms. The Balaban J connectivity index is 1.45. The fourth-order valence-corrected chi connectivity index (χ4v) is 4.03. The second kappa shape index (κ2) is 8.31. The number of nitrogens with one attached hydrogen (secondary N) is 2. The summed E-state index contributed by atoms with van der Waals surface area (Å²) in [6.07, 6.45) is 11.7. The molecule has 0 radical (unpaired) electrons. The second-order valence-electron chi connectivity index (χ2n) is 8.11. The van der Waals surface area contributed by atoms with Gasteiger partial charge >= 0.3 is 0 Å². The summed E-state index contributed by atoms with van der Waals surface area (Å²) in [5.41, 5.74) is 10.6. The molecule has 4 aromatic rings. The predicted octanol–water partition coefficient (Wildman–Crippen LogP) is 3.92. The van der Waals surface area contributed by atoms with E-state index in [9.17, 15) is 0 Å². The number of rotatable bonds is 5. The lowest BCUT2D eigenvalue weighted by molar-refractivity contribution is 0.410. The fourth-order valence-electron chi connectivity index (χ4n) is 4.03. The highest BCUT2D eigenvalue weighted by molar-refractivity contribution is 5.67. The maximum Gasteiger partial charge on any atom is 0.223 e. The third-order valence-electron chi connectivity index (χ3n) is 5.76. The first-order chi connectivity index (χ1) is 15.2. The van der Waals surface area contributed by atoms with Gasteiger partial charge in [-0.05, 0) is 62.4 Å². The van der Waals surface area contributed by atoms with E-state index in [1.807, 2.05) is 60.2 Å². The van der Waals surface area contributed by atoms with Crippen molar-refractivity contribution in [2.24, 2.45) is 5.73 Å². The zero-order valence-electron chi connectivity index (χ0n) is 17.5. The highest BCUT2D eigenvalue weighted by atomic mass is 15.1. The average Bonchev–Trinajstić information content (AvgIpc) is 3.20. The molecule has 1 aliphatic rings. The van der Waals surface area contributed by atoms with Gasteiger partial charge in [0.05, 0.1) is 23.3 Å². The average molecular weight is 415 g/mol. The Morgan fingerprint density at radius 3 is 2.68 bits per heavy atom. The van der Waals surface area contributed by atoms with E-state index < -0.39 is 0 Å². The molecule has 0 bridgehead atoms. The van der Waals surface area contributed by atoms with Crippen molar-refractivity contribution >= 4 is 23.1 Å². The standard InChI is InChI=1S/C23H26N8/c1-15-12-27-23(29-17-7-5-16(24)6-8-17)30-22(15)19-13-26-21-10-9-18(14-31(19)21)28-20-4-2-3-11-25-20/h2-4,9-14,16-17H,5-8,24H2,1H3,(H,25,28)(H,27,29,30)/t16-,17-. The summed E-state index contributed by atoms with van der Waals surface area (Å²) in [5, 5.41) is 6.83. The topological polar surface area (TPSA) is 106 Å². The van der Waals surface area contributed by atoms with Crippen LogP contribution in [0.1, 0.15) is 31.2 Å². The van der Waals surface area contributed by atoms with Gasteiger partial charge in [-0.25, -0.2) is 19.9 Å². The molecule has 1 fully saturated rings. The lowest BCUT2D eigenvalue weighted by Gasteiger charge is -2.26. The molecule has 4 N–H and O–H groups in total. The van der Waals surface area contributed by atoms with Gasteiger partial charge in [0.1, 0.15) is 11.5 Å². The summed E-state index contributed by atoms with van der Waals surface area (Å²) < 4.78 is 2.05. The van der Waals surface area contributed by atoms with Crippen LogP contribution in [-0.2, 0) is 0 Å². The molecule has 0 saturated heterocycles. The molecule has 8 heteroatoms. The lowest BCUT2D eigenvalue weighted by Crippen LogP contribution is -2.33. The van der Waals surface area contributed by atoms with Crippen molar-refractivity contribution in [1.29, 1.82) is 0 Å². The largest absolute Gasteiger partial charge is 0.351 e. The molecule has 0 atom stereocenters. The van der Waals surface area contributed by atoms with Crippen molar-refractivity contribution in [2.75, 3.05) is 10.6 Å². The zero-order chi connectivity index (χ0) is 21.2. The summed E-state index contributed by atoms with van der Waals surface area (Å²) in [5.74, 6) is 1.44. The summed E-state index contributed by atoms with van der Waals surface area (Å²) in [4.78, 5) is 18.3. The highest BCUT2D eigenvalue weighted by Gasteiger charge is 2.20. The van der Waals surface area contributed by atoms with E-state index in [1.54, 1.807) is 6.20 Å². The fraction of sp³-hybridized carbons (Fsp3) is 0.304. The van der Waals surface area contributed by atoms with Crippen LogP contribution in [0.3, 0.4) is 0 Å². The Labute approximate surface area is 181 Å². The molecule has 8 nitrogen and oxygen atoms in total. The van der Waals surface area contributed by atoms with Crippen LogP contribution in [0.15, 0.2) is 55.1 Å². The minimum atomic E-state index is 0.319. The quantitative estimate of drug-likeness (QED) is 0.454. The van der Waals surface area contributed by atoms with Gasteiger partial charge < -0.3 is 16.4 Å². The van der Waals surface area contributed by atoms with Crippen LogP contribution in [0.2, 0.25) is 0 Å². The van der Waals surface area contributed by atoms with E-state index in [1.165, 1.54) is 0 Å². The smallest absolute Gasteiger partial charge is 0.223 e. The van der Waals surface area contributed by atoms with Gasteiger partial charge in [0.25, 0.3) is 0 Å². The van der Waals surface area contributed by atoms with E-state index in [4.69, 9.17) is 10.7 Å². The number of imidazole rings is 1. The number of anilines is 3. The van der Waals surface area contributed by atoms with E-state index in [0.717, 1.165) is 59.8 Å². The Morgan fingerprint density at radius 2 is 1.87 bits per heavy atom. The molecule has 0 amide bonds. The molecule has 0 unspecified atom stereocenters. The summed E-state index contributed by atoms with van der Waals surface area (Å²) >= 11 is 0. The van der Waals surface area contributed by atoms with Crippen molar-refractivity contribution < 1.29 is 0 Å². The first kappa shape index (κ1) is 19.4. The number of hydrogen-bond donors (Lipinski definition) is 3. The van der Waals surface area contributed by atoms with Crippen molar-refractivity contribution in [3.8, 4) is 11.4 Å². The van der Waals surface area contributed by atoms with Crippen molar-refractivity contribution in [3.63, 3.8) is 0 Å². The number of pyridine rings is 2. The molecule has 4 heterocycles. The Bertz CT molecular complexity index is 1180. The van der Waals surface area contributed by atoms with Crippen LogP contribution in [0, 0.1) is 6.92 Å². The van der Waals surface area contributed by atoms with Gasteiger partial charge in [-0.1, -0.05) is 6.07 Å². The first-order valence-electron chi connectivity index (χ1n) is 10.7. The van der Waals surface area contributed by atoms with E-state index >= 15 is 0 Å². The van der Waals surface area contributed by atoms with Crippen LogP contribution >= 0.6 is 0 Å². The number of nitrogens with two attached hydrogens (primary N) is 1. The number of fused-ring (bicyclic) bond motifs is 1. The molecule has 0 aliphatic heterocycles. The minimum absolute atomic E-state index is 0.319. The monoisotopic (exact) mass is 414 g/mol. The Kier molecular flexibility index (Phi) is 5.21. The van der Waals surface area contributed by atoms with Crippen LogP contribution in [0.5, 0.6) is 0 Å².